The van der Waals surface area contributed by atoms with Crippen molar-refractivity contribution in [3.05, 3.63) is 35.9 Å². The molecule has 1 aliphatic carbocycles. The molecular formula is C19H31N3O2. The molecule has 1 saturated carbocycles. The molecule has 3 atom stereocenters. The molecule has 1 fully saturated rings. The zero-order chi connectivity index (χ0) is 17.4. The summed E-state index contributed by atoms with van der Waals surface area (Å²) in [5.41, 5.74) is 1.30. The van der Waals surface area contributed by atoms with Gasteiger partial charge in [0.05, 0.1) is 12.1 Å². The van der Waals surface area contributed by atoms with Gasteiger partial charge in [0.25, 0.3) is 0 Å². The van der Waals surface area contributed by atoms with Crippen LogP contribution in [-0.2, 0) is 6.54 Å². The average molecular weight is 333 g/mol. The number of carbonyl (C=O) groups is 1. The summed E-state index contributed by atoms with van der Waals surface area (Å²) in [6, 6.07) is 10.5. The topological polar surface area (TPSA) is 64.6 Å². The van der Waals surface area contributed by atoms with E-state index in [0.717, 1.165) is 38.6 Å². The van der Waals surface area contributed by atoms with Gasteiger partial charge in [-0.05, 0) is 38.8 Å². The van der Waals surface area contributed by atoms with E-state index in [-0.39, 0.29) is 12.1 Å². The average Bonchev–Trinajstić information content (AvgIpc) is 2.57. The van der Waals surface area contributed by atoms with Crippen molar-refractivity contribution in [3.63, 3.8) is 0 Å². The van der Waals surface area contributed by atoms with Gasteiger partial charge in [-0.3, -0.25) is 4.90 Å². The van der Waals surface area contributed by atoms with E-state index in [1.807, 2.05) is 6.07 Å². The zero-order valence-corrected chi connectivity index (χ0v) is 14.9. The number of hydrogen-bond acceptors (Lipinski definition) is 3. The van der Waals surface area contributed by atoms with Gasteiger partial charge in [-0.15, -0.1) is 0 Å². The monoisotopic (exact) mass is 333 g/mol. The van der Waals surface area contributed by atoms with Crippen molar-refractivity contribution in [2.24, 2.45) is 0 Å². The van der Waals surface area contributed by atoms with Gasteiger partial charge >= 0.3 is 6.03 Å². The van der Waals surface area contributed by atoms with Crippen molar-refractivity contribution >= 4 is 6.03 Å². The van der Waals surface area contributed by atoms with E-state index < -0.39 is 6.10 Å². The summed E-state index contributed by atoms with van der Waals surface area (Å²) < 4.78 is 0. The second-order valence-corrected chi connectivity index (χ2v) is 6.90. The molecule has 0 spiro atoms. The summed E-state index contributed by atoms with van der Waals surface area (Å²) >= 11 is 0. The van der Waals surface area contributed by atoms with Gasteiger partial charge in [0.15, 0.2) is 0 Å². The van der Waals surface area contributed by atoms with Crippen LogP contribution >= 0.6 is 0 Å². The number of benzene rings is 1. The number of urea groups is 1. The van der Waals surface area contributed by atoms with Crippen molar-refractivity contribution in [2.75, 3.05) is 13.6 Å². The zero-order valence-electron chi connectivity index (χ0n) is 14.9. The summed E-state index contributed by atoms with van der Waals surface area (Å²) in [5, 5.41) is 15.7. The van der Waals surface area contributed by atoms with Gasteiger partial charge in [0.1, 0.15) is 0 Å². The molecule has 1 aliphatic rings. The first-order valence-corrected chi connectivity index (χ1v) is 9.03. The standard InChI is InChI=1S/C19H31N3O2/c1-15(22(2)14-16-8-4-3-5-9-16)12-13-20-19(24)21-17-10-6-7-11-18(17)23/h3-5,8-9,15,17-18,23H,6-7,10-14H2,1-2H3,(H2,20,21,24). The molecule has 5 nitrogen and oxygen atoms in total. The first kappa shape index (κ1) is 18.7. The molecule has 24 heavy (non-hydrogen) atoms. The molecule has 0 heterocycles. The van der Waals surface area contributed by atoms with Crippen LogP contribution in [0.2, 0.25) is 0 Å². The lowest BCUT2D eigenvalue weighted by Gasteiger charge is -2.28. The number of carbonyl (C=O) groups excluding carboxylic acids is 1. The highest BCUT2D eigenvalue weighted by Gasteiger charge is 2.24. The third kappa shape index (κ3) is 6.13. The molecular weight excluding hydrogens is 302 g/mol. The van der Waals surface area contributed by atoms with Gasteiger partial charge in [-0.1, -0.05) is 43.2 Å². The van der Waals surface area contributed by atoms with E-state index in [2.05, 4.69) is 53.8 Å². The normalized spacial score (nSPS) is 22.2. The molecule has 0 aliphatic heterocycles. The first-order valence-electron chi connectivity index (χ1n) is 9.03. The highest BCUT2D eigenvalue weighted by atomic mass is 16.3. The maximum Gasteiger partial charge on any atom is 0.315 e. The van der Waals surface area contributed by atoms with E-state index in [9.17, 15) is 9.90 Å². The van der Waals surface area contributed by atoms with Crippen molar-refractivity contribution in [1.29, 1.82) is 0 Å². The van der Waals surface area contributed by atoms with Gasteiger partial charge in [0, 0.05) is 19.1 Å². The van der Waals surface area contributed by atoms with E-state index in [1.165, 1.54) is 5.56 Å². The molecule has 2 rings (SSSR count). The summed E-state index contributed by atoms with van der Waals surface area (Å²) in [6.45, 7) is 3.71. The van der Waals surface area contributed by atoms with Gasteiger partial charge in [-0.25, -0.2) is 4.79 Å². The predicted octanol–water partition coefficient (Wildman–Crippen LogP) is 2.50. The van der Waals surface area contributed by atoms with Crippen LogP contribution in [-0.4, -0.2) is 47.8 Å². The number of hydrogen-bond donors (Lipinski definition) is 3. The van der Waals surface area contributed by atoms with Gasteiger partial charge in [-0.2, -0.15) is 0 Å². The lowest BCUT2D eigenvalue weighted by atomic mass is 9.93. The minimum absolute atomic E-state index is 0.100. The Labute approximate surface area is 145 Å². The molecule has 134 valence electrons. The highest BCUT2D eigenvalue weighted by Crippen LogP contribution is 2.18. The molecule has 0 saturated heterocycles. The second kappa shape index (κ2) is 9.64. The minimum atomic E-state index is -0.402. The molecule has 1 aromatic rings. The van der Waals surface area contributed by atoms with Crippen LogP contribution in [0.1, 0.15) is 44.6 Å². The van der Waals surface area contributed by atoms with E-state index >= 15 is 0 Å². The molecule has 2 amide bonds. The molecule has 0 radical (unpaired) electrons. The smallest absolute Gasteiger partial charge is 0.315 e. The van der Waals surface area contributed by atoms with Crippen LogP contribution in [0.15, 0.2) is 30.3 Å². The largest absolute Gasteiger partial charge is 0.391 e. The summed E-state index contributed by atoms with van der Waals surface area (Å²) in [4.78, 5) is 14.2. The van der Waals surface area contributed by atoms with Crippen LogP contribution in [0.25, 0.3) is 0 Å². The lowest BCUT2D eigenvalue weighted by molar-refractivity contribution is 0.0942. The van der Waals surface area contributed by atoms with E-state index in [0.29, 0.717) is 12.6 Å². The first-order chi connectivity index (χ1) is 11.6. The Kier molecular flexibility index (Phi) is 7.53. The van der Waals surface area contributed by atoms with Crippen LogP contribution in [0.4, 0.5) is 4.79 Å². The van der Waals surface area contributed by atoms with Crippen LogP contribution in [0.5, 0.6) is 0 Å². The lowest BCUT2D eigenvalue weighted by Crippen LogP contribution is -2.49. The highest BCUT2D eigenvalue weighted by molar-refractivity contribution is 5.74. The maximum atomic E-state index is 12.0. The van der Waals surface area contributed by atoms with E-state index in [4.69, 9.17) is 0 Å². The Morgan fingerprint density at radius 1 is 1.29 bits per heavy atom. The van der Waals surface area contributed by atoms with Crippen molar-refractivity contribution in [2.45, 2.75) is 63.8 Å². The number of amides is 2. The fraction of sp³-hybridized carbons (Fsp3) is 0.632. The number of aliphatic hydroxyl groups is 1. The number of aliphatic hydroxyl groups excluding tert-OH is 1. The fourth-order valence-electron chi connectivity index (χ4n) is 3.14. The second-order valence-electron chi connectivity index (χ2n) is 6.90. The molecule has 5 heteroatoms. The molecule has 0 bridgehead atoms. The van der Waals surface area contributed by atoms with Gasteiger partial charge < -0.3 is 15.7 Å². The van der Waals surface area contributed by atoms with Crippen molar-refractivity contribution < 1.29 is 9.90 Å². The number of nitrogens with zero attached hydrogens (tertiary/aromatic N) is 1. The minimum Gasteiger partial charge on any atom is -0.391 e. The van der Waals surface area contributed by atoms with Crippen LogP contribution in [0, 0.1) is 0 Å². The third-order valence-corrected chi connectivity index (χ3v) is 4.92. The number of nitrogens with one attached hydrogen (secondary N) is 2. The Morgan fingerprint density at radius 2 is 2.00 bits per heavy atom. The third-order valence-electron chi connectivity index (χ3n) is 4.92. The predicted molar refractivity (Wildman–Crippen MR) is 96.8 cm³/mol. The van der Waals surface area contributed by atoms with Crippen LogP contribution < -0.4 is 10.6 Å². The SMILES string of the molecule is CC(CCNC(=O)NC1CCCCC1O)N(C)Cc1ccccc1. The maximum absolute atomic E-state index is 12.0. The quantitative estimate of drug-likeness (QED) is 0.718. The Morgan fingerprint density at radius 3 is 2.71 bits per heavy atom. The molecule has 0 aromatic heterocycles. The van der Waals surface area contributed by atoms with Crippen molar-refractivity contribution in [3.8, 4) is 0 Å². The van der Waals surface area contributed by atoms with E-state index in [1.54, 1.807) is 0 Å². The summed E-state index contributed by atoms with van der Waals surface area (Å²) in [7, 11) is 2.11. The number of rotatable bonds is 7. The van der Waals surface area contributed by atoms with Crippen LogP contribution in [0.3, 0.4) is 0 Å². The molecule has 3 N–H and O–H groups in total. The summed E-state index contributed by atoms with van der Waals surface area (Å²) in [6.07, 6.45) is 4.26. The Balaban J connectivity index is 1.64. The molecule has 1 aromatic carbocycles. The fourth-order valence-corrected chi connectivity index (χ4v) is 3.14. The summed E-state index contributed by atoms with van der Waals surface area (Å²) in [5.74, 6) is 0. The Bertz CT molecular complexity index is 495. The van der Waals surface area contributed by atoms with Crippen molar-refractivity contribution in [1.82, 2.24) is 15.5 Å². The molecule has 3 unspecified atom stereocenters. The van der Waals surface area contributed by atoms with Gasteiger partial charge in [0.2, 0.25) is 0 Å². The Hall–Kier alpha value is -1.59.